The Balaban J connectivity index is 1.41. The highest BCUT2D eigenvalue weighted by Gasteiger charge is 2.22. The number of nitrogens with one attached hydrogen (secondary N) is 2. The van der Waals surface area contributed by atoms with Gasteiger partial charge in [-0.3, -0.25) is 4.79 Å². The molecule has 2 N–H and O–H groups in total. The van der Waals surface area contributed by atoms with Crippen molar-refractivity contribution >= 4 is 63.8 Å². The zero-order valence-electron chi connectivity index (χ0n) is 20.9. The fraction of sp³-hybridized carbons (Fsp3) is 0.0333. The number of fused-ring (bicyclic) bond motifs is 1. The maximum atomic E-state index is 13.3. The standard InChI is InChI=1S/C30H20Cl3N3O4/c1-39-25-12-11-19(31)13-21(25)30(38)40-24-10-6-5-9-18(24)16-34-36-29(37)28-26(17-7-3-2-4-8-17)27-22(33)14-20(32)15-23(27)35-28/h2-16,35H,1H3,(H,36,37). The molecule has 0 aliphatic carbocycles. The van der Waals surface area contributed by atoms with Crippen molar-refractivity contribution in [3.8, 4) is 22.6 Å². The Morgan fingerprint density at radius 1 is 0.875 bits per heavy atom. The minimum atomic E-state index is -0.662. The van der Waals surface area contributed by atoms with E-state index in [2.05, 4.69) is 15.5 Å². The first kappa shape index (κ1) is 27.3. The summed E-state index contributed by atoms with van der Waals surface area (Å²) in [4.78, 5) is 29.3. The molecule has 0 saturated carbocycles. The second-order valence-corrected chi connectivity index (χ2v) is 9.80. The average Bonchev–Trinajstić information content (AvgIpc) is 3.34. The third kappa shape index (κ3) is 5.67. The van der Waals surface area contributed by atoms with E-state index in [4.69, 9.17) is 44.3 Å². The SMILES string of the molecule is COc1ccc(Cl)cc1C(=O)Oc1ccccc1C=NNC(=O)c1[nH]c2cc(Cl)cc(Cl)c2c1-c1ccccc1. The van der Waals surface area contributed by atoms with Crippen LogP contribution in [0.5, 0.6) is 11.5 Å². The lowest BCUT2D eigenvalue weighted by atomic mass is 10.0. The number of aromatic nitrogens is 1. The van der Waals surface area contributed by atoms with Gasteiger partial charge in [0.15, 0.2) is 0 Å². The molecule has 5 rings (SSSR count). The summed E-state index contributed by atoms with van der Waals surface area (Å²) in [6.45, 7) is 0. The van der Waals surface area contributed by atoms with E-state index < -0.39 is 11.9 Å². The first-order valence-electron chi connectivity index (χ1n) is 11.9. The van der Waals surface area contributed by atoms with Gasteiger partial charge in [-0.25, -0.2) is 10.2 Å². The highest BCUT2D eigenvalue weighted by Crippen LogP contribution is 2.38. The third-order valence-corrected chi connectivity index (χ3v) is 6.73. The lowest BCUT2D eigenvalue weighted by Gasteiger charge is -2.10. The minimum Gasteiger partial charge on any atom is -0.496 e. The van der Waals surface area contributed by atoms with E-state index in [1.165, 1.54) is 19.4 Å². The van der Waals surface area contributed by atoms with Crippen LogP contribution in [0.25, 0.3) is 22.0 Å². The van der Waals surface area contributed by atoms with Gasteiger partial charge in [0.05, 0.1) is 18.3 Å². The Bertz CT molecular complexity index is 1770. The summed E-state index contributed by atoms with van der Waals surface area (Å²) < 4.78 is 10.8. The number of nitrogens with zero attached hydrogens (tertiary/aromatic N) is 1. The smallest absolute Gasteiger partial charge is 0.347 e. The van der Waals surface area contributed by atoms with Crippen molar-refractivity contribution < 1.29 is 19.1 Å². The van der Waals surface area contributed by atoms with Crippen molar-refractivity contribution in [2.75, 3.05) is 7.11 Å². The molecule has 0 radical (unpaired) electrons. The number of hydrogen-bond donors (Lipinski definition) is 2. The molecule has 1 heterocycles. The highest BCUT2D eigenvalue weighted by atomic mass is 35.5. The zero-order valence-corrected chi connectivity index (χ0v) is 23.1. The number of aromatic amines is 1. The molecule has 40 heavy (non-hydrogen) atoms. The Morgan fingerprint density at radius 3 is 2.40 bits per heavy atom. The fourth-order valence-electron chi connectivity index (χ4n) is 4.20. The molecule has 1 aromatic heterocycles. The van der Waals surface area contributed by atoms with Crippen LogP contribution < -0.4 is 14.9 Å². The van der Waals surface area contributed by atoms with Crippen LogP contribution in [-0.4, -0.2) is 30.2 Å². The number of benzene rings is 4. The van der Waals surface area contributed by atoms with E-state index in [1.807, 2.05) is 30.3 Å². The maximum Gasteiger partial charge on any atom is 0.347 e. The zero-order chi connectivity index (χ0) is 28.2. The van der Waals surface area contributed by atoms with E-state index in [0.717, 1.165) is 5.56 Å². The van der Waals surface area contributed by atoms with Crippen LogP contribution in [0.1, 0.15) is 26.4 Å². The molecular formula is C30H20Cl3N3O4. The van der Waals surface area contributed by atoms with E-state index in [1.54, 1.807) is 48.5 Å². The van der Waals surface area contributed by atoms with Crippen molar-refractivity contribution in [1.29, 1.82) is 0 Å². The van der Waals surface area contributed by atoms with Crippen LogP contribution in [0, 0.1) is 0 Å². The van der Waals surface area contributed by atoms with Gasteiger partial charge >= 0.3 is 5.97 Å². The lowest BCUT2D eigenvalue weighted by Crippen LogP contribution is -2.19. The molecule has 10 heteroatoms. The van der Waals surface area contributed by atoms with Crippen molar-refractivity contribution in [2.24, 2.45) is 5.10 Å². The normalized spacial score (nSPS) is 11.1. The number of rotatable bonds is 7. The second kappa shape index (κ2) is 11.8. The molecule has 0 atom stereocenters. The fourth-order valence-corrected chi connectivity index (χ4v) is 4.96. The molecule has 0 bridgehead atoms. The van der Waals surface area contributed by atoms with Crippen molar-refractivity contribution in [3.63, 3.8) is 0 Å². The van der Waals surface area contributed by atoms with Gasteiger partial charge in [0.25, 0.3) is 5.91 Å². The number of H-pyrrole nitrogens is 1. The van der Waals surface area contributed by atoms with Crippen LogP contribution >= 0.6 is 34.8 Å². The average molecular weight is 593 g/mol. The summed E-state index contributed by atoms with van der Waals surface area (Å²) >= 11 is 18.8. The van der Waals surface area contributed by atoms with Gasteiger partial charge < -0.3 is 14.5 Å². The van der Waals surface area contributed by atoms with E-state index in [9.17, 15) is 9.59 Å². The van der Waals surface area contributed by atoms with E-state index in [-0.39, 0.29) is 17.0 Å². The number of halogens is 3. The molecule has 0 unspecified atom stereocenters. The number of carbonyl (C=O) groups is 2. The lowest BCUT2D eigenvalue weighted by molar-refractivity contribution is 0.0730. The minimum absolute atomic E-state index is 0.168. The summed E-state index contributed by atoms with van der Waals surface area (Å²) in [5, 5.41) is 5.98. The van der Waals surface area contributed by atoms with Gasteiger partial charge in [0.1, 0.15) is 22.8 Å². The molecule has 0 aliphatic heterocycles. The second-order valence-electron chi connectivity index (χ2n) is 8.52. The predicted molar refractivity (Wildman–Crippen MR) is 158 cm³/mol. The monoisotopic (exact) mass is 591 g/mol. The number of ether oxygens (including phenoxy) is 2. The number of esters is 1. The van der Waals surface area contributed by atoms with Gasteiger partial charge in [0, 0.05) is 32.1 Å². The Kier molecular flexibility index (Phi) is 8.07. The van der Waals surface area contributed by atoms with Gasteiger partial charge in [-0.1, -0.05) is 77.3 Å². The van der Waals surface area contributed by atoms with Crippen LogP contribution in [0.4, 0.5) is 0 Å². The Hall–Kier alpha value is -4.30. The van der Waals surface area contributed by atoms with Crippen molar-refractivity contribution in [1.82, 2.24) is 10.4 Å². The first-order valence-corrected chi connectivity index (χ1v) is 13.0. The molecule has 1 amide bonds. The number of para-hydroxylation sites is 1. The van der Waals surface area contributed by atoms with Crippen LogP contribution in [-0.2, 0) is 0 Å². The predicted octanol–water partition coefficient (Wildman–Crippen LogP) is 7.79. The highest BCUT2D eigenvalue weighted by molar-refractivity contribution is 6.40. The summed E-state index contributed by atoms with van der Waals surface area (Å²) in [7, 11) is 1.45. The van der Waals surface area contributed by atoms with Crippen LogP contribution in [0.15, 0.2) is 90.0 Å². The molecule has 0 saturated heterocycles. The third-order valence-electron chi connectivity index (χ3n) is 5.98. The molecule has 4 aromatic carbocycles. The number of hydrazone groups is 1. The number of carbonyl (C=O) groups excluding carboxylic acids is 2. The van der Waals surface area contributed by atoms with Gasteiger partial charge in [0.2, 0.25) is 0 Å². The molecular weight excluding hydrogens is 573 g/mol. The molecule has 0 aliphatic rings. The maximum absolute atomic E-state index is 13.3. The van der Waals surface area contributed by atoms with Gasteiger partial charge in [-0.2, -0.15) is 5.10 Å². The summed E-state index contributed by atoms with van der Waals surface area (Å²) in [6, 6.07) is 24.1. The number of amides is 1. The summed E-state index contributed by atoms with van der Waals surface area (Å²) in [5.41, 5.74) is 5.44. The molecule has 200 valence electrons. The number of hydrogen-bond acceptors (Lipinski definition) is 5. The molecule has 7 nitrogen and oxygen atoms in total. The van der Waals surface area contributed by atoms with Crippen molar-refractivity contribution in [3.05, 3.63) is 117 Å². The topological polar surface area (TPSA) is 92.8 Å². The Morgan fingerprint density at radius 2 is 1.62 bits per heavy atom. The van der Waals surface area contributed by atoms with E-state index in [0.29, 0.717) is 42.8 Å². The molecule has 0 spiro atoms. The Labute approximate surface area is 244 Å². The quantitative estimate of drug-likeness (QED) is 0.0873. The van der Waals surface area contributed by atoms with E-state index >= 15 is 0 Å². The first-order chi connectivity index (χ1) is 19.4. The number of methoxy groups -OCH3 is 1. The van der Waals surface area contributed by atoms with Crippen LogP contribution in [0.3, 0.4) is 0 Å². The van der Waals surface area contributed by atoms with Crippen molar-refractivity contribution in [2.45, 2.75) is 0 Å². The molecule has 0 fully saturated rings. The van der Waals surface area contributed by atoms with Gasteiger partial charge in [-0.15, -0.1) is 0 Å². The van der Waals surface area contributed by atoms with Crippen LogP contribution in [0.2, 0.25) is 15.1 Å². The summed E-state index contributed by atoms with van der Waals surface area (Å²) in [6.07, 6.45) is 1.38. The largest absolute Gasteiger partial charge is 0.496 e. The summed E-state index contributed by atoms with van der Waals surface area (Å²) in [5.74, 6) is -0.617. The molecule has 5 aromatic rings. The van der Waals surface area contributed by atoms with Gasteiger partial charge in [-0.05, 0) is 48.0 Å².